The Morgan fingerprint density at radius 1 is 1.08 bits per heavy atom. The predicted molar refractivity (Wildman–Crippen MR) is 101 cm³/mol. The first-order valence-electron chi connectivity index (χ1n) is 10.2. The van der Waals surface area contributed by atoms with Crippen molar-refractivity contribution in [2.24, 2.45) is 5.92 Å². The highest BCUT2D eigenvalue weighted by atomic mass is 16.5. The molecule has 0 unspecified atom stereocenters. The Hall–Kier alpha value is -0.900. The summed E-state index contributed by atoms with van der Waals surface area (Å²) in [6, 6.07) is 9.65. The number of hydrogen-bond donors (Lipinski definition) is 0. The van der Waals surface area contributed by atoms with Crippen molar-refractivity contribution in [1.29, 1.82) is 0 Å². The number of aryl methyl sites for hydroxylation is 1. The number of hydrogen-bond acceptors (Lipinski definition) is 3. The van der Waals surface area contributed by atoms with E-state index in [0.717, 1.165) is 57.7 Å². The molecular formula is C22H33NO2. The van der Waals surface area contributed by atoms with E-state index in [2.05, 4.69) is 36.1 Å². The van der Waals surface area contributed by atoms with Gasteiger partial charge in [0.1, 0.15) is 0 Å². The maximum Gasteiger partial charge on any atom is 0.0847 e. The van der Waals surface area contributed by atoms with Crippen molar-refractivity contribution >= 4 is 0 Å². The van der Waals surface area contributed by atoms with Crippen molar-refractivity contribution in [3.8, 4) is 0 Å². The molecule has 3 heteroatoms. The van der Waals surface area contributed by atoms with Crippen molar-refractivity contribution < 1.29 is 9.47 Å². The van der Waals surface area contributed by atoms with Crippen LogP contribution in [-0.2, 0) is 22.4 Å². The van der Waals surface area contributed by atoms with Crippen LogP contribution in [0.4, 0.5) is 0 Å². The van der Waals surface area contributed by atoms with Gasteiger partial charge in [-0.1, -0.05) is 31.2 Å². The summed E-state index contributed by atoms with van der Waals surface area (Å²) >= 11 is 0. The number of methoxy groups -OCH3 is 1. The van der Waals surface area contributed by atoms with E-state index in [-0.39, 0.29) is 5.60 Å². The van der Waals surface area contributed by atoms with E-state index in [9.17, 15) is 0 Å². The number of nitrogens with zero attached hydrogens (tertiary/aromatic N) is 1. The summed E-state index contributed by atoms with van der Waals surface area (Å²) in [7, 11) is 1.91. The van der Waals surface area contributed by atoms with Gasteiger partial charge in [-0.2, -0.15) is 0 Å². The van der Waals surface area contributed by atoms with Crippen molar-refractivity contribution in [3.05, 3.63) is 35.4 Å². The highest BCUT2D eigenvalue weighted by Crippen LogP contribution is 2.44. The largest absolute Gasteiger partial charge is 0.378 e. The van der Waals surface area contributed by atoms with E-state index < -0.39 is 0 Å². The molecule has 0 spiro atoms. The Morgan fingerprint density at radius 2 is 1.84 bits per heavy atom. The maximum atomic E-state index is 6.25. The van der Waals surface area contributed by atoms with Gasteiger partial charge in [0.2, 0.25) is 0 Å². The van der Waals surface area contributed by atoms with Gasteiger partial charge in [-0.3, -0.25) is 4.90 Å². The third kappa shape index (κ3) is 3.79. The van der Waals surface area contributed by atoms with Gasteiger partial charge >= 0.3 is 0 Å². The topological polar surface area (TPSA) is 21.7 Å². The summed E-state index contributed by atoms with van der Waals surface area (Å²) in [5.41, 5.74) is 2.90. The first-order valence-corrected chi connectivity index (χ1v) is 10.2. The molecule has 0 aromatic heterocycles. The second-order valence-corrected chi connectivity index (χ2v) is 8.35. The monoisotopic (exact) mass is 343 g/mol. The molecule has 138 valence electrons. The minimum atomic E-state index is 0.0583. The maximum absolute atomic E-state index is 6.25. The number of benzene rings is 1. The summed E-state index contributed by atoms with van der Waals surface area (Å²) in [6.45, 7) is 5.38. The fourth-order valence-corrected chi connectivity index (χ4v) is 4.77. The van der Waals surface area contributed by atoms with Gasteiger partial charge in [0.25, 0.3) is 0 Å². The Kier molecular flexibility index (Phi) is 5.17. The molecule has 3 nitrogen and oxygen atoms in total. The molecule has 25 heavy (non-hydrogen) atoms. The van der Waals surface area contributed by atoms with Crippen LogP contribution in [0.3, 0.4) is 0 Å². The van der Waals surface area contributed by atoms with Crippen LogP contribution in [0.15, 0.2) is 24.3 Å². The predicted octanol–water partition coefficient (Wildman–Crippen LogP) is 4.19. The fourth-order valence-electron chi connectivity index (χ4n) is 4.77. The molecule has 0 radical (unpaired) electrons. The third-order valence-corrected chi connectivity index (χ3v) is 6.73. The molecule has 1 aromatic rings. The van der Waals surface area contributed by atoms with E-state index in [0.29, 0.717) is 12.1 Å². The van der Waals surface area contributed by atoms with Gasteiger partial charge in [0.15, 0.2) is 0 Å². The highest BCUT2D eigenvalue weighted by molar-refractivity contribution is 5.23. The quantitative estimate of drug-likeness (QED) is 0.741. The molecule has 3 aliphatic rings. The minimum Gasteiger partial charge on any atom is -0.378 e. The normalized spacial score (nSPS) is 32.7. The lowest BCUT2D eigenvalue weighted by Crippen LogP contribution is -2.51. The number of ether oxygens (including phenoxy) is 2. The van der Waals surface area contributed by atoms with Gasteiger partial charge in [-0.25, -0.2) is 0 Å². The first-order chi connectivity index (χ1) is 12.2. The molecule has 0 amide bonds. The molecule has 1 aromatic carbocycles. The van der Waals surface area contributed by atoms with Gasteiger partial charge < -0.3 is 9.47 Å². The zero-order valence-corrected chi connectivity index (χ0v) is 15.9. The summed E-state index contributed by atoms with van der Waals surface area (Å²) in [5.74, 6) is 0.853. The standard InChI is InChI=1S/C22H33NO2/c1-3-17-4-6-18(7-5-17)15-23-13-12-22(24-2)11-10-20(14-21(22)23)25-16-19-8-9-19/h4-7,19-21H,3,8-16H2,1-2H3/t20-,21-,22+/m0/s1. The molecule has 1 saturated heterocycles. The molecule has 2 saturated carbocycles. The van der Waals surface area contributed by atoms with Crippen molar-refractivity contribution in [3.63, 3.8) is 0 Å². The average molecular weight is 344 g/mol. The number of likely N-dealkylation sites (tertiary alicyclic amines) is 1. The molecule has 4 rings (SSSR count). The van der Waals surface area contributed by atoms with Crippen LogP contribution < -0.4 is 0 Å². The van der Waals surface area contributed by atoms with E-state index in [1.807, 2.05) is 7.11 Å². The van der Waals surface area contributed by atoms with Crippen molar-refractivity contribution in [2.75, 3.05) is 20.3 Å². The molecule has 2 aliphatic carbocycles. The number of fused-ring (bicyclic) bond motifs is 1. The van der Waals surface area contributed by atoms with Crippen LogP contribution in [0.1, 0.15) is 56.6 Å². The summed E-state index contributed by atoms with van der Waals surface area (Å²) in [5, 5.41) is 0. The van der Waals surface area contributed by atoms with E-state index >= 15 is 0 Å². The summed E-state index contributed by atoms with van der Waals surface area (Å²) in [4.78, 5) is 2.65. The van der Waals surface area contributed by atoms with Crippen LogP contribution >= 0.6 is 0 Å². The van der Waals surface area contributed by atoms with Crippen LogP contribution in [0.2, 0.25) is 0 Å². The lowest BCUT2D eigenvalue weighted by Gasteiger charge is -2.43. The lowest BCUT2D eigenvalue weighted by molar-refractivity contribution is -0.103. The Morgan fingerprint density at radius 3 is 2.52 bits per heavy atom. The van der Waals surface area contributed by atoms with Gasteiger partial charge in [-0.15, -0.1) is 0 Å². The number of rotatable bonds is 7. The molecule has 0 N–H and O–H groups in total. The second kappa shape index (κ2) is 7.38. The van der Waals surface area contributed by atoms with Crippen LogP contribution in [0, 0.1) is 5.92 Å². The van der Waals surface area contributed by atoms with Crippen molar-refractivity contribution in [1.82, 2.24) is 4.90 Å². The highest BCUT2D eigenvalue weighted by Gasteiger charge is 2.51. The Balaban J connectivity index is 1.42. The minimum absolute atomic E-state index is 0.0583. The fraction of sp³-hybridized carbons (Fsp3) is 0.727. The van der Waals surface area contributed by atoms with Crippen LogP contribution in [-0.4, -0.2) is 42.9 Å². The third-order valence-electron chi connectivity index (χ3n) is 6.73. The zero-order valence-electron chi connectivity index (χ0n) is 15.9. The summed E-state index contributed by atoms with van der Waals surface area (Å²) < 4.78 is 12.3. The lowest BCUT2D eigenvalue weighted by atomic mass is 9.79. The van der Waals surface area contributed by atoms with Crippen LogP contribution in [0.25, 0.3) is 0 Å². The SMILES string of the molecule is CCc1ccc(CN2CC[C@]3(OC)CC[C@H](OCC4CC4)C[C@H]23)cc1. The smallest absolute Gasteiger partial charge is 0.0847 e. The molecule has 1 aliphatic heterocycles. The van der Waals surface area contributed by atoms with E-state index in [1.54, 1.807) is 0 Å². The van der Waals surface area contributed by atoms with Crippen LogP contribution in [0.5, 0.6) is 0 Å². The van der Waals surface area contributed by atoms with Gasteiger partial charge in [0.05, 0.1) is 11.7 Å². The zero-order chi connectivity index (χ0) is 17.3. The Bertz CT molecular complexity index is 568. The molecular weight excluding hydrogens is 310 g/mol. The second-order valence-electron chi connectivity index (χ2n) is 8.35. The average Bonchev–Trinajstić information content (AvgIpc) is 3.43. The molecule has 1 heterocycles. The molecule has 3 atom stereocenters. The molecule has 3 fully saturated rings. The van der Waals surface area contributed by atoms with Crippen molar-refractivity contribution in [2.45, 2.75) is 76.2 Å². The Labute approximate surface area is 152 Å². The molecule has 0 bridgehead atoms. The van der Waals surface area contributed by atoms with E-state index in [1.165, 1.54) is 24.0 Å². The van der Waals surface area contributed by atoms with Gasteiger partial charge in [0, 0.05) is 32.8 Å². The van der Waals surface area contributed by atoms with E-state index in [4.69, 9.17) is 9.47 Å². The first kappa shape index (κ1) is 17.5. The van der Waals surface area contributed by atoms with Gasteiger partial charge in [-0.05, 0) is 62.0 Å². The summed E-state index contributed by atoms with van der Waals surface area (Å²) in [6.07, 6.45) is 8.89.